The van der Waals surface area contributed by atoms with E-state index >= 15 is 0 Å². The molecule has 0 fully saturated rings. The van der Waals surface area contributed by atoms with Crippen molar-refractivity contribution >= 4 is 17.0 Å². The molecule has 0 saturated heterocycles. The van der Waals surface area contributed by atoms with Crippen LogP contribution in [0.2, 0.25) is 0 Å². The van der Waals surface area contributed by atoms with Crippen molar-refractivity contribution in [3.8, 4) is 34.1 Å². The summed E-state index contributed by atoms with van der Waals surface area (Å²) in [4.78, 5) is 13.3. The molecule has 0 atom stereocenters. The van der Waals surface area contributed by atoms with Gasteiger partial charge >= 0.3 is 0 Å². The Morgan fingerprint density at radius 2 is 1.81 bits per heavy atom. The van der Waals surface area contributed by atoms with E-state index in [1.165, 1.54) is 18.4 Å². The van der Waals surface area contributed by atoms with Crippen LogP contribution in [0.25, 0.3) is 28.2 Å². The molecule has 0 saturated carbocycles. The Kier molecular flexibility index (Phi) is 4.81. The Hall–Kier alpha value is -3.67. The Morgan fingerprint density at radius 3 is 2.52 bits per heavy atom. The zero-order chi connectivity index (χ0) is 22.5. The molecule has 0 spiro atoms. The number of fused-ring (bicyclic) bond motifs is 2. The summed E-state index contributed by atoms with van der Waals surface area (Å²) in [6, 6.07) is 4.44. The van der Waals surface area contributed by atoms with Crippen LogP contribution in [0.5, 0.6) is 23.0 Å². The van der Waals surface area contributed by atoms with Gasteiger partial charge in [-0.1, -0.05) is 17.7 Å². The van der Waals surface area contributed by atoms with Gasteiger partial charge in [-0.3, -0.25) is 4.79 Å². The van der Waals surface area contributed by atoms with Crippen molar-refractivity contribution in [3.05, 3.63) is 63.5 Å². The SMILES string of the molecule is CC(C)=CCc1c(O)cc2occ(-c3cc4c(cc3O)OC(C)(C)C=C4)c(=O)c2c1O. The summed E-state index contributed by atoms with van der Waals surface area (Å²) in [5.74, 6) is -0.110. The summed E-state index contributed by atoms with van der Waals surface area (Å²) in [5, 5.41) is 31.6. The minimum absolute atomic E-state index is 0.0440. The van der Waals surface area contributed by atoms with Gasteiger partial charge < -0.3 is 24.5 Å². The number of phenolic OH excluding ortho intramolecular Hbond substituents is 3. The highest BCUT2D eigenvalue weighted by Gasteiger charge is 2.25. The lowest BCUT2D eigenvalue weighted by Gasteiger charge is -2.28. The van der Waals surface area contributed by atoms with E-state index in [2.05, 4.69) is 0 Å². The van der Waals surface area contributed by atoms with Crippen molar-refractivity contribution in [3.63, 3.8) is 0 Å². The number of benzene rings is 2. The van der Waals surface area contributed by atoms with Gasteiger partial charge in [-0.15, -0.1) is 0 Å². The number of hydrogen-bond acceptors (Lipinski definition) is 6. The third-order valence-corrected chi connectivity index (χ3v) is 5.29. The first-order chi connectivity index (χ1) is 14.6. The lowest BCUT2D eigenvalue weighted by molar-refractivity contribution is 0.158. The molecule has 4 rings (SSSR count). The standard InChI is InChI=1S/C25H24O6/c1-13(2)5-6-15-18(26)11-21-22(23(15)28)24(29)17(12-30-21)16-9-14-7-8-25(3,4)31-20(14)10-19(16)27/h5,7-12,26-28H,6H2,1-4H3. The lowest BCUT2D eigenvalue weighted by atomic mass is 9.96. The second-order valence-corrected chi connectivity index (χ2v) is 8.51. The maximum atomic E-state index is 13.3. The van der Waals surface area contributed by atoms with Crippen LogP contribution in [0.4, 0.5) is 0 Å². The minimum Gasteiger partial charge on any atom is -0.507 e. The third kappa shape index (κ3) is 3.65. The third-order valence-electron chi connectivity index (χ3n) is 5.29. The smallest absolute Gasteiger partial charge is 0.204 e. The number of allylic oxidation sites excluding steroid dienone is 2. The normalized spacial score (nSPS) is 14.2. The molecule has 3 aromatic rings. The highest BCUT2D eigenvalue weighted by atomic mass is 16.5. The summed E-state index contributed by atoms with van der Waals surface area (Å²) in [5.41, 5.74) is 1.38. The monoisotopic (exact) mass is 420 g/mol. The number of rotatable bonds is 3. The molecular weight excluding hydrogens is 396 g/mol. The van der Waals surface area contributed by atoms with Gasteiger partial charge in [0.1, 0.15) is 45.8 Å². The lowest BCUT2D eigenvalue weighted by Crippen LogP contribution is -2.27. The molecule has 2 aromatic carbocycles. The van der Waals surface area contributed by atoms with Crippen LogP contribution in [-0.2, 0) is 6.42 Å². The van der Waals surface area contributed by atoms with Gasteiger partial charge in [0.15, 0.2) is 0 Å². The molecule has 6 heteroatoms. The molecule has 160 valence electrons. The molecule has 0 amide bonds. The van der Waals surface area contributed by atoms with Gasteiger partial charge in [-0.25, -0.2) is 0 Å². The van der Waals surface area contributed by atoms with E-state index in [9.17, 15) is 20.1 Å². The number of phenols is 3. The second-order valence-electron chi connectivity index (χ2n) is 8.51. The average Bonchev–Trinajstić information content (AvgIpc) is 2.67. The summed E-state index contributed by atoms with van der Waals surface area (Å²) >= 11 is 0. The summed E-state index contributed by atoms with van der Waals surface area (Å²) in [6.45, 7) is 7.61. The van der Waals surface area contributed by atoms with Gasteiger partial charge in [0, 0.05) is 28.8 Å². The topological polar surface area (TPSA) is 100 Å². The fraction of sp³-hybridized carbons (Fsp3) is 0.240. The van der Waals surface area contributed by atoms with Crippen molar-refractivity contribution in [1.82, 2.24) is 0 Å². The summed E-state index contributed by atoms with van der Waals surface area (Å²) < 4.78 is 11.4. The second kappa shape index (κ2) is 7.23. The highest BCUT2D eigenvalue weighted by molar-refractivity contribution is 5.91. The largest absolute Gasteiger partial charge is 0.507 e. The van der Waals surface area contributed by atoms with Crippen molar-refractivity contribution < 1.29 is 24.5 Å². The number of hydrogen-bond donors (Lipinski definition) is 3. The van der Waals surface area contributed by atoms with Gasteiger partial charge in [0.2, 0.25) is 5.43 Å². The maximum Gasteiger partial charge on any atom is 0.204 e. The molecule has 0 radical (unpaired) electrons. The van der Waals surface area contributed by atoms with Crippen molar-refractivity contribution in [2.75, 3.05) is 0 Å². The summed E-state index contributed by atoms with van der Waals surface area (Å²) in [7, 11) is 0. The van der Waals surface area contributed by atoms with E-state index in [4.69, 9.17) is 9.15 Å². The molecular formula is C25H24O6. The van der Waals surface area contributed by atoms with E-state index in [1.54, 1.807) is 6.07 Å². The van der Waals surface area contributed by atoms with Crippen LogP contribution in [0, 0.1) is 0 Å². The van der Waals surface area contributed by atoms with Gasteiger partial charge in [-0.05, 0) is 46.3 Å². The van der Waals surface area contributed by atoms with Crippen LogP contribution in [0.15, 0.2) is 51.4 Å². The van der Waals surface area contributed by atoms with E-state index < -0.39 is 11.0 Å². The molecule has 31 heavy (non-hydrogen) atoms. The van der Waals surface area contributed by atoms with Gasteiger partial charge in [0.05, 0.1) is 5.56 Å². The van der Waals surface area contributed by atoms with Gasteiger partial charge in [0.25, 0.3) is 0 Å². The minimum atomic E-state index is -0.506. The Bertz CT molecular complexity index is 1320. The first-order valence-electron chi connectivity index (χ1n) is 9.95. The summed E-state index contributed by atoms with van der Waals surface area (Å²) in [6.07, 6.45) is 7.09. The zero-order valence-electron chi connectivity index (χ0n) is 17.8. The van der Waals surface area contributed by atoms with Crippen molar-refractivity contribution in [2.45, 2.75) is 39.7 Å². The maximum absolute atomic E-state index is 13.3. The van der Waals surface area contributed by atoms with Gasteiger partial charge in [-0.2, -0.15) is 0 Å². The predicted molar refractivity (Wildman–Crippen MR) is 120 cm³/mol. The Balaban J connectivity index is 1.91. The van der Waals surface area contributed by atoms with Crippen LogP contribution in [-0.4, -0.2) is 20.9 Å². The number of aromatic hydroxyl groups is 3. The molecule has 0 unspecified atom stereocenters. The van der Waals surface area contributed by atoms with E-state index in [-0.39, 0.29) is 51.3 Å². The average molecular weight is 420 g/mol. The molecule has 0 bridgehead atoms. The molecule has 1 aliphatic heterocycles. The Labute approximate surface area is 179 Å². The van der Waals surface area contributed by atoms with E-state index in [0.29, 0.717) is 11.3 Å². The van der Waals surface area contributed by atoms with Crippen LogP contribution >= 0.6 is 0 Å². The van der Waals surface area contributed by atoms with Crippen LogP contribution in [0.1, 0.15) is 38.8 Å². The quantitative estimate of drug-likeness (QED) is 0.499. The molecule has 0 aliphatic carbocycles. The van der Waals surface area contributed by atoms with E-state index in [1.807, 2.05) is 45.9 Å². The Morgan fingerprint density at radius 1 is 1.06 bits per heavy atom. The molecule has 3 N–H and O–H groups in total. The fourth-order valence-corrected chi connectivity index (χ4v) is 3.62. The first kappa shape index (κ1) is 20.6. The van der Waals surface area contributed by atoms with Crippen LogP contribution in [0.3, 0.4) is 0 Å². The first-order valence-corrected chi connectivity index (χ1v) is 9.95. The predicted octanol–water partition coefficient (Wildman–Crippen LogP) is 5.27. The molecule has 6 nitrogen and oxygen atoms in total. The van der Waals surface area contributed by atoms with Crippen molar-refractivity contribution in [1.29, 1.82) is 0 Å². The fourth-order valence-electron chi connectivity index (χ4n) is 3.62. The van der Waals surface area contributed by atoms with Crippen LogP contribution < -0.4 is 10.2 Å². The highest BCUT2D eigenvalue weighted by Crippen LogP contribution is 2.41. The zero-order valence-corrected chi connectivity index (χ0v) is 17.8. The molecule has 1 aliphatic rings. The van der Waals surface area contributed by atoms with E-state index in [0.717, 1.165) is 5.57 Å². The van der Waals surface area contributed by atoms with Crippen molar-refractivity contribution in [2.24, 2.45) is 0 Å². The molecule has 2 heterocycles. The number of ether oxygens (including phenoxy) is 1. The molecule has 1 aromatic heterocycles.